The van der Waals surface area contributed by atoms with Crippen LogP contribution >= 0.6 is 0 Å². The van der Waals surface area contributed by atoms with Gasteiger partial charge in [0, 0.05) is 13.0 Å². The van der Waals surface area contributed by atoms with E-state index in [2.05, 4.69) is 12.2 Å². The average molecular weight is 266 g/mol. The number of ketones is 1. The number of nitrogens with zero attached hydrogens (tertiary/aromatic N) is 1. The molecule has 1 heterocycles. The van der Waals surface area contributed by atoms with Crippen LogP contribution in [0.15, 0.2) is 0 Å². The van der Waals surface area contributed by atoms with E-state index in [1.807, 2.05) is 0 Å². The zero-order chi connectivity index (χ0) is 14.0. The van der Waals surface area contributed by atoms with E-state index < -0.39 is 5.54 Å². The number of Topliss-reactive ketones (excluding diaryl/α,β-unsaturated/α-hetero) is 1. The third-order valence-corrected chi connectivity index (χ3v) is 4.28. The highest BCUT2D eigenvalue weighted by Gasteiger charge is 2.51. The van der Waals surface area contributed by atoms with Gasteiger partial charge in [0.25, 0.3) is 5.91 Å². The van der Waals surface area contributed by atoms with Crippen molar-refractivity contribution >= 4 is 17.7 Å². The van der Waals surface area contributed by atoms with Crippen molar-refractivity contribution in [3.8, 4) is 0 Å². The number of rotatable bonds is 4. The van der Waals surface area contributed by atoms with Gasteiger partial charge in [-0.1, -0.05) is 6.92 Å². The summed E-state index contributed by atoms with van der Waals surface area (Å²) in [6, 6.07) is -0.289. The van der Waals surface area contributed by atoms with Crippen LogP contribution in [0.5, 0.6) is 0 Å². The van der Waals surface area contributed by atoms with Crippen molar-refractivity contribution in [3.05, 3.63) is 0 Å². The average Bonchev–Trinajstić information content (AvgIpc) is 2.57. The molecule has 0 aromatic carbocycles. The number of urea groups is 1. The second-order valence-corrected chi connectivity index (χ2v) is 5.96. The highest BCUT2D eigenvalue weighted by Crippen LogP contribution is 2.36. The molecule has 0 aromatic rings. The summed E-state index contributed by atoms with van der Waals surface area (Å²) in [5.74, 6) is 0.628. The van der Waals surface area contributed by atoms with Crippen LogP contribution in [-0.2, 0) is 9.59 Å². The van der Waals surface area contributed by atoms with Gasteiger partial charge < -0.3 is 10.1 Å². The molecule has 0 atom stereocenters. The van der Waals surface area contributed by atoms with Crippen LogP contribution in [-0.4, -0.2) is 34.7 Å². The van der Waals surface area contributed by atoms with E-state index in [1.165, 1.54) is 11.8 Å². The molecule has 2 aliphatic rings. The maximum absolute atomic E-state index is 12.4. The molecule has 1 saturated heterocycles. The Morgan fingerprint density at radius 1 is 1.37 bits per heavy atom. The standard InChI is InChI=1S/C14H22N2O3/c1-10-5-7-14(8-6-10)12(18)16(13(19)15-14)9-3-4-11(2)17/h10H,3-9H2,1-2H3,(H,15,19). The highest BCUT2D eigenvalue weighted by atomic mass is 16.2. The van der Waals surface area contributed by atoms with Crippen LogP contribution in [0.2, 0.25) is 0 Å². The molecule has 1 aliphatic carbocycles. The minimum atomic E-state index is -0.653. The third-order valence-electron chi connectivity index (χ3n) is 4.28. The zero-order valence-corrected chi connectivity index (χ0v) is 11.7. The molecule has 1 spiro atoms. The van der Waals surface area contributed by atoms with Gasteiger partial charge in [0.15, 0.2) is 0 Å². The van der Waals surface area contributed by atoms with E-state index in [0.717, 1.165) is 25.7 Å². The molecule has 5 heteroatoms. The molecule has 3 amide bonds. The lowest BCUT2D eigenvalue weighted by Gasteiger charge is -2.33. The van der Waals surface area contributed by atoms with Crippen molar-refractivity contribution in [3.63, 3.8) is 0 Å². The fourth-order valence-electron chi connectivity index (χ4n) is 2.96. The second kappa shape index (κ2) is 5.31. The zero-order valence-electron chi connectivity index (χ0n) is 11.7. The summed E-state index contributed by atoms with van der Waals surface area (Å²) >= 11 is 0. The summed E-state index contributed by atoms with van der Waals surface area (Å²) in [6.07, 6.45) is 4.41. The molecule has 2 rings (SSSR count). The summed E-state index contributed by atoms with van der Waals surface area (Å²) < 4.78 is 0. The number of hydrogen-bond acceptors (Lipinski definition) is 3. The molecule has 0 radical (unpaired) electrons. The molecule has 106 valence electrons. The minimum absolute atomic E-state index is 0.0899. The first-order chi connectivity index (χ1) is 8.94. The topological polar surface area (TPSA) is 66.5 Å². The van der Waals surface area contributed by atoms with Gasteiger partial charge in [0.2, 0.25) is 0 Å². The van der Waals surface area contributed by atoms with Crippen molar-refractivity contribution in [1.82, 2.24) is 10.2 Å². The molecular weight excluding hydrogens is 244 g/mol. The number of hydrogen-bond donors (Lipinski definition) is 1. The molecule has 2 fully saturated rings. The molecule has 5 nitrogen and oxygen atoms in total. The van der Waals surface area contributed by atoms with E-state index >= 15 is 0 Å². The number of amides is 3. The molecule has 19 heavy (non-hydrogen) atoms. The van der Waals surface area contributed by atoms with Gasteiger partial charge in [-0.3, -0.25) is 9.69 Å². The van der Waals surface area contributed by atoms with Crippen LogP contribution < -0.4 is 5.32 Å². The lowest BCUT2D eigenvalue weighted by molar-refractivity contribution is -0.133. The van der Waals surface area contributed by atoms with E-state index in [9.17, 15) is 14.4 Å². The van der Waals surface area contributed by atoms with Gasteiger partial charge in [0.1, 0.15) is 11.3 Å². The van der Waals surface area contributed by atoms with Crippen molar-refractivity contribution in [2.75, 3.05) is 6.54 Å². The summed E-state index contributed by atoms with van der Waals surface area (Å²) in [4.78, 5) is 36.6. The van der Waals surface area contributed by atoms with Crippen molar-refractivity contribution in [1.29, 1.82) is 0 Å². The van der Waals surface area contributed by atoms with Gasteiger partial charge in [-0.05, 0) is 44.9 Å². The molecule has 1 aliphatic heterocycles. The lowest BCUT2D eigenvalue weighted by Crippen LogP contribution is -2.49. The first kappa shape index (κ1) is 14.0. The molecule has 0 bridgehead atoms. The summed E-state index contributed by atoms with van der Waals surface area (Å²) in [5, 5.41) is 2.88. The van der Waals surface area contributed by atoms with Crippen LogP contribution in [0.1, 0.15) is 52.4 Å². The Morgan fingerprint density at radius 2 is 2.00 bits per heavy atom. The maximum Gasteiger partial charge on any atom is 0.325 e. The van der Waals surface area contributed by atoms with E-state index in [1.54, 1.807) is 0 Å². The van der Waals surface area contributed by atoms with Gasteiger partial charge in [-0.15, -0.1) is 0 Å². The van der Waals surface area contributed by atoms with Crippen molar-refractivity contribution < 1.29 is 14.4 Å². The van der Waals surface area contributed by atoms with Gasteiger partial charge in [0.05, 0.1) is 0 Å². The Balaban J connectivity index is 1.98. The van der Waals surface area contributed by atoms with Gasteiger partial charge in [-0.25, -0.2) is 4.79 Å². The number of nitrogens with one attached hydrogen (secondary N) is 1. The Hall–Kier alpha value is -1.39. The third kappa shape index (κ3) is 2.80. The van der Waals surface area contributed by atoms with Crippen LogP contribution in [0.4, 0.5) is 4.79 Å². The number of carbonyl (C=O) groups excluding carboxylic acids is 3. The summed E-state index contributed by atoms with van der Waals surface area (Å²) in [5.41, 5.74) is -0.653. The van der Waals surface area contributed by atoms with E-state index in [4.69, 9.17) is 0 Å². The van der Waals surface area contributed by atoms with Crippen LogP contribution in [0.25, 0.3) is 0 Å². The quantitative estimate of drug-likeness (QED) is 0.790. The molecule has 0 aromatic heterocycles. The Kier molecular flexibility index (Phi) is 3.92. The Labute approximate surface area is 113 Å². The second-order valence-electron chi connectivity index (χ2n) is 5.96. The maximum atomic E-state index is 12.4. The summed E-state index contributed by atoms with van der Waals surface area (Å²) in [7, 11) is 0. The fourth-order valence-corrected chi connectivity index (χ4v) is 2.96. The highest BCUT2D eigenvalue weighted by molar-refractivity contribution is 6.07. The number of carbonyl (C=O) groups is 3. The molecule has 1 N–H and O–H groups in total. The predicted octanol–water partition coefficient (Wildman–Crippen LogP) is 1.86. The number of imide groups is 1. The lowest BCUT2D eigenvalue weighted by atomic mass is 9.77. The van der Waals surface area contributed by atoms with Crippen LogP contribution in [0, 0.1) is 5.92 Å². The SMILES string of the molecule is CC(=O)CCCN1C(=O)NC2(CCC(C)CC2)C1=O. The van der Waals surface area contributed by atoms with Crippen molar-refractivity contribution in [2.45, 2.75) is 57.9 Å². The normalized spacial score (nSPS) is 30.8. The van der Waals surface area contributed by atoms with Gasteiger partial charge in [-0.2, -0.15) is 0 Å². The van der Waals surface area contributed by atoms with Crippen LogP contribution in [0.3, 0.4) is 0 Å². The first-order valence-electron chi connectivity index (χ1n) is 7.08. The smallest absolute Gasteiger partial charge is 0.323 e. The first-order valence-corrected chi connectivity index (χ1v) is 7.08. The van der Waals surface area contributed by atoms with Crippen molar-refractivity contribution in [2.24, 2.45) is 5.92 Å². The molecule has 0 unspecified atom stereocenters. The van der Waals surface area contributed by atoms with E-state index in [-0.39, 0.29) is 17.7 Å². The molecular formula is C14H22N2O3. The molecule has 1 saturated carbocycles. The Morgan fingerprint density at radius 3 is 2.58 bits per heavy atom. The predicted molar refractivity (Wildman–Crippen MR) is 70.5 cm³/mol. The Bertz CT molecular complexity index is 397. The largest absolute Gasteiger partial charge is 0.325 e. The van der Waals surface area contributed by atoms with E-state index in [0.29, 0.717) is 25.3 Å². The van der Waals surface area contributed by atoms with Gasteiger partial charge >= 0.3 is 6.03 Å². The fraction of sp³-hybridized carbons (Fsp3) is 0.786. The minimum Gasteiger partial charge on any atom is -0.323 e. The summed E-state index contributed by atoms with van der Waals surface area (Å²) in [6.45, 7) is 4.05. The monoisotopic (exact) mass is 266 g/mol.